The van der Waals surface area contributed by atoms with Crippen molar-refractivity contribution in [1.82, 2.24) is 0 Å². The van der Waals surface area contributed by atoms with Crippen molar-refractivity contribution in [2.24, 2.45) is 0 Å². The van der Waals surface area contributed by atoms with Crippen molar-refractivity contribution < 1.29 is 14.6 Å². The molecule has 0 aliphatic rings. The molecule has 0 aliphatic heterocycles. The lowest BCUT2D eigenvalue weighted by Gasteiger charge is -2.06. The molecular formula is C20H24N2O5. The first-order valence-electron chi connectivity index (χ1n) is 9.12. The third-order valence-electron chi connectivity index (χ3n) is 4.35. The largest absolute Gasteiger partial charge is 0.381 e. The van der Waals surface area contributed by atoms with E-state index in [9.17, 15) is 20.2 Å². The van der Waals surface area contributed by atoms with Gasteiger partial charge in [-0.25, -0.2) is 0 Å². The molecule has 0 radical (unpaired) electrons. The van der Waals surface area contributed by atoms with Crippen LogP contribution in [0.2, 0.25) is 0 Å². The Balaban J connectivity index is 1.57. The van der Waals surface area contributed by atoms with E-state index >= 15 is 0 Å². The van der Waals surface area contributed by atoms with Gasteiger partial charge >= 0.3 is 0 Å². The molecule has 0 amide bonds. The van der Waals surface area contributed by atoms with E-state index in [1.165, 1.54) is 12.1 Å². The minimum absolute atomic E-state index is 0.174. The molecule has 0 N–H and O–H groups in total. The second-order valence-electron chi connectivity index (χ2n) is 6.30. The molecule has 0 heterocycles. The zero-order chi connectivity index (χ0) is 19.5. The van der Waals surface area contributed by atoms with Gasteiger partial charge in [0.05, 0.1) is 9.85 Å². The average molecular weight is 372 g/mol. The molecule has 0 aromatic heterocycles. The van der Waals surface area contributed by atoms with Gasteiger partial charge in [0.15, 0.2) is 0 Å². The van der Waals surface area contributed by atoms with E-state index in [0.29, 0.717) is 26.1 Å². The Kier molecular flexibility index (Phi) is 8.38. The summed E-state index contributed by atoms with van der Waals surface area (Å²) in [4.78, 5) is 21.2. The Labute approximate surface area is 158 Å². The van der Waals surface area contributed by atoms with Crippen LogP contribution >= 0.6 is 0 Å². The van der Waals surface area contributed by atoms with Crippen molar-refractivity contribution in [2.45, 2.75) is 38.5 Å². The number of aryl methyl sites for hydroxylation is 2. The number of para-hydroxylation sites is 2. The SMILES string of the molecule is O=[N+]([O-])c1ccccc1CCCCOCCCCc1ccccc1[N+](=O)[O-]. The zero-order valence-corrected chi connectivity index (χ0v) is 15.2. The number of nitrogens with zero attached hydrogens (tertiary/aromatic N) is 2. The van der Waals surface area contributed by atoms with Crippen LogP contribution in [-0.2, 0) is 17.6 Å². The average Bonchev–Trinajstić information content (AvgIpc) is 2.67. The molecule has 0 spiro atoms. The Bertz CT molecular complexity index is 700. The van der Waals surface area contributed by atoms with Gasteiger partial charge in [-0.05, 0) is 38.5 Å². The van der Waals surface area contributed by atoms with Gasteiger partial charge in [-0.3, -0.25) is 20.2 Å². The van der Waals surface area contributed by atoms with Crippen molar-refractivity contribution >= 4 is 11.4 Å². The standard InChI is InChI=1S/C20H24N2O5/c23-21(24)19-13-3-1-9-17(19)11-5-7-15-27-16-8-6-12-18-10-2-4-14-20(18)22(25)26/h1-4,9-10,13-14H,5-8,11-12,15-16H2. The maximum Gasteiger partial charge on any atom is 0.272 e. The highest BCUT2D eigenvalue weighted by atomic mass is 16.6. The molecule has 2 aromatic carbocycles. The number of hydrogen-bond acceptors (Lipinski definition) is 5. The first kappa shape index (κ1) is 20.5. The molecule has 2 rings (SSSR count). The summed E-state index contributed by atoms with van der Waals surface area (Å²) in [7, 11) is 0. The van der Waals surface area contributed by atoms with E-state index in [1.54, 1.807) is 24.3 Å². The highest BCUT2D eigenvalue weighted by molar-refractivity contribution is 5.40. The van der Waals surface area contributed by atoms with E-state index in [-0.39, 0.29) is 21.2 Å². The highest BCUT2D eigenvalue weighted by Gasteiger charge is 2.12. The number of hydrogen-bond donors (Lipinski definition) is 0. The number of benzene rings is 2. The van der Waals surface area contributed by atoms with Gasteiger partial charge in [-0.15, -0.1) is 0 Å². The number of nitro benzene ring substituents is 2. The monoisotopic (exact) mass is 372 g/mol. The maximum atomic E-state index is 11.0. The molecule has 0 atom stereocenters. The van der Waals surface area contributed by atoms with Gasteiger partial charge in [0.25, 0.3) is 11.4 Å². The lowest BCUT2D eigenvalue weighted by molar-refractivity contribution is -0.385. The van der Waals surface area contributed by atoms with E-state index in [4.69, 9.17) is 4.74 Å². The van der Waals surface area contributed by atoms with Crippen LogP contribution in [-0.4, -0.2) is 23.1 Å². The summed E-state index contributed by atoms with van der Waals surface area (Å²) in [6, 6.07) is 13.6. The van der Waals surface area contributed by atoms with Gasteiger partial charge < -0.3 is 4.74 Å². The van der Waals surface area contributed by atoms with Crippen LogP contribution in [0.5, 0.6) is 0 Å². The summed E-state index contributed by atoms with van der Waals surface area (Å²) in [5.41, 5.74) is 1.86. The fourth-order valence-electron chi connectivity index (χ4n) is 2.94. The molecule has 0 aliphatic carbocycles. The lowest BCUT2D eigenvalue weighted by atomic mass is 10.1. The van der Waals surface area contributed by atoms with Crippen LogP contribution in [0.4, 0.5) is 11.4 Å². The minimum Gasteiger partial charge on any atom is -0.381 e. The molecule has 7 nitrogen and oxygen atoms in total. The minimum atomic E-state index is -0.344. The quantitative estimate of drug-likeness (QED) is 0.301. The number of ether oxygens (including phenoxy) is 1. The Hall–Kier alpha value is -2.80. The Morgan fingerprint density at radius 3 is 1.48 bits per heavy atom. The third-order valence-corrected chi connectivity index (χ3v) is 4.35. The number of nitro groups is 2. The first-order valence-corrected chi connectivity index (χ1v) is 9.12. The molecule has 0 fully saturated rings. The lowest BCUT2D eigenvalue weighted by Crippen LogP contribution is -2.01. The molecule has 0 saturated carbocycles. The highest BCUT2D eigenvalue weighted by Crippen LogP contribution is 2.20. The van der Waals surface area contributed by atoms with Crippen molar-refractivity contribution in [3.05, 3.63) is 79.9 Å². The van der Waals surface area contributed by atoms with Crippen LogP contribution in [0, 0.1) is 20.2 Å². The van der Waals surface area contributed by atoms with Gasteiger partial charge in [0.2, 0.25) is 0 Å². The molecule has 0 bridgehead atoms. The summed E-state index contributed by atoms with van der Waals surface area (Å²) in [6.07, 6.45) is 4.69. The second kappa shape index (κ2) is 11.0. The topological polar surface area (TPSA) is 95.5 Å². The summed E-state index contributed by atoms with van der Waals surface area (Å²) < 4.78 is 5.60. The van der Waals surface area contributed by atoms with Gasteiger partial charge in [-0.1, -0.05) is 36.4 Å². The van der Waals surface area contributed by atoms with Crippen LogP contribution in [0.1, 0.15) is 36.8 Å². The first-order chi connectivity index (χ1) is 13.1. The Morgan fingerprint density at radius 2 is 1.07 bits per heavy atom. The summed E-state index contributed by atoms with van der Waals surface area (Å²) in [5, 5.41) is 21.9. The molecule has 7 heteroatoms. The van der Waals surface area contributed by atoms with Gasteiger partial charge in [0, 0.05) is 36.5 Å². The second-order valence-corrected chi connectivity index (χ2v) is 6.30. The van der Waals surface area contributed by atoms with E-state index in [0.717, 1.165) is 36.8 Å². The molecule has 0 saturated heterocycles. The molecule has 144 valence electrons. The van der Waals surface area contributed by atoms with Crippen molar-refractivity contribution in [3.8, 4) is 0 Å². The number of unbranched alkanes of at least 4 members (excludes halogenated alkanes) is 2. The number of rotatable bonds is 12. The summed E-state index contributed by atoms with van der Waals surface area (Å²) in [6.45, 7) is 1.23. The zero-order valence-electron chi connectivity index (χ0n) is 15.2. The third kappa shape index (κ3) is 6.79. The van der Waals surface area contributed by atoms with Gasteiger partial charge in [-0.2, -0.15) is 0 Å². The maximum absolute atomic E-state index is 11.0. The van der Waals surface area contributed by atoms with E-state index in [2.05, 4.69) is 0 Å². The predicted octanol–water partition coefficient (Wildman–Crippen LogP) is 4.87. The van der Waals surface area contributed by atoms with Crippen molar-refractivity contribution in [3.63, 3.8) is 0 Å². The molecule has 2 aromatic rings. The fourth-order valence-corrected chi connectivity index (χ4v) is 2.94. The predicted molar refractivity (Wildman–Crippen MR) is 103 cm³/mol. The molecule has 27 heavy (non-hydrogen) atoms. The fraction of sp³-hybridized carbons (Fsp3) is 0.400. The van der Waals surface area contributed by atoms with Crippen LogP contribution < -0.4 is 0 Å². The van der Waals surface area contributed by atoms with Crippen LogP contribution in [0.15, 0.2) is 48.5 Å². The van der Waals surface area contributed by atoms with Gasteiger partial charge in [0.1, 0.15) is 0 Å². The van der Waals surface area contributed by atoms with Crippen LogP contribution in [0.25, 0.3) is 0 Å². The molecule has 0 unspecified atom stereocenters. The van der Waals surface area contributed by atoms with Crippen LogP contribution in [0.3, 0.4) is 0 Å². The van der Waals surface area contributed by atoms with Crippen molar-refractivity contribution in [1.29, 1.82) is 0 Å². The normalized spacial score (nSPS) is 10.7. The van der Waals surface area contributed by atoms with E-state index in [1.807, 2.05) is 12.1 Å². The Morgan fingerprint density at radius 1 is 0.667 bits per heavy atom. The smallest absolute Gasteiger partial charge is 0.272 e. The van der Waals surface area contributed by atoms with E-state index < -0.39 is 0 Å². The molecular weight excluding hydrogens is 348 g/mol. The summed E-state index contributed by atoms with van der Waals surface area (Å²) in [5.74, 6) is 0. The van der Waals surface area contributed by atoms with Crippen molar-refractivity contribution in [2.75, 3.05) is 13.2 Å². The summed E-state index contributed by atoms with van der Waals surface area (Å²) >= 11 is 0.